The molecule has 2 fully saturated rings. The molecule has 6 nitrogen and oxygen atoms in total. The zero-order valence-corrected chi connectivity index (χ0v) is 10.8. The molecule has 3 heterocycles. The van der Waals surface area contributed by atoms with Crippen molar-refractivity contribution in [3.05, 3.63) is 30.1 Å². The van der Waals surface area contributed by atoms with Crippen LogP contribution in [0.4, 0.5) is 4.79 Å². The summed E-state index contributed by atoms with van der Waals surface area (Å²) < 4.78 is 0. The van der Waals surface area contributed by atoms with E-state index >= 15 is 0 Å². The summed E-state index contributed by atoms with van der Waals surface area (Å²) in [5.41, 5.74) is 6.93. The number of fused-ring (bicyclic) bond motifs is 1. The first kappa shape index (κ1) is 12.4. The Balaban J connectivity index is 1.74. The van der Waals surface area contributed by atoms with Gasteiger partial charge in [0.25, 0.3) is 0 Å². The van der Waals surface area contributed by atoms with Crippen LogP contribution in [0.2, 0.25) is 0 Å². The third kappa shape index (κ3) is 2.29. The molecule has 0 spiro atoms. The molecule has 2 saturated heterocycles. The van der Waals surface area contributed by atoms with Crippen LogP contribution in [0.25, 0.3) is 0 Å². The van der Waals surface area contributed by atoms with E-state index in [0.717, 1.165) is 31.9 Å². The van der Waals surface area contributed by atoms with Crippen molar-refractivity contribution in [3.63, 3.8) is 0 Å². The number of carbonyl (C=O) groups excluding carboxylic acids is 1. The van der Waals surface area contributed by atoms with Crippen LogP contribution >= 0.6 is 0 Å². The lowest BCUT2D eigenvalue weighted by Gasteiger charge is -2.40. The maximum atomic E-state index is 11.6. The summed E-state index contributed by atoms with van der Waals surface area (Å²) >= 11 is 0. The maximum Gasteiger partial charge on any atom is 0.317 e. The summed E-state index contributed by atoms with van der Waals surface area (Å²) in [4.78, 5) is 20.2. The minimum atomic E-state index is 0.0618. The fourth-order valence-corrected chi connectivity index (χ4v) is 2.94. The van der Waals surface area contributed by atoms with Gasteiger partial charge < -0.3 is 16.0 Å². The van der Waals surface area contributed by atoms with Gasteiger partial charge in [-0.15, -0.1) is 0 Å². The number of aromatic nitrogens is 1. The summed E-state index contributed by atoms with van der Waals surface area (Å²) in [5.74, 6) is 0. The van der Waals surface area contributed by atoms with Gasteiger partial charge in [0.15, 0.2) is 0 Å². The molecule has 2 unspecified atom stereocenters. The highest BCUT2D eigenvalue weighted by Gasteiger charge is 2.37. The highest BCUT2D eigenvalue weighted by atomic mass is 16.2. The molecule has 2 aliphatic heterocycles. The number of hydrogen-bond acceptors (Lipinski definition) is 4. The normalized spacial score (nSPS) is 25.0. The number of amides is 2. The van der Waals surface area contributed by atoms with E-state index in [1.807, 2.05) is 23.1 Å². The number of nitrogens with zero attached hydrogens (tertiary/aromatic N) is 3. The van der Waals surface area contributed by atoms with Gasteiger partial charge in [0.1, 0.15) is 0 Å². The summed E-state index contributed by atoms with van der Waals surface area (Å²) in [6.45, 7) is 3.75. The van der Waals surface area contributed by atoms with Crippen molar-refractivity contribution in [2.45, 2.75) is 12.1 Å². The van der Waals surface area contributed by atoms with E-state index in [1.54, 1.807) is 6.20 Å². The van der Waals surface area contributed by atoms with E-state index < -0.39 is 0 Å². The molecule has 3 N–H and O–H groups in total. The van der Waals surface area contributed by atoms with Crippen LogP contribution in [0, 0.1) is 0 Å². The highest BCUT2D eigenvalue weighted by molar-refractivity contribution is 5.77. The molecular weight excluding hydrogens is 242 g/mol. The summed E-state index contributed by atoms with van der Waals surface area (Å²) in [5, 5.41) is 2.89. The number of hydrogen-bond donors (Lipinski definition) is 2. The van der Waals surface area contributed by atoms with E-state index in [4.69, 9.17) is 5.73 Å². The van der Waals surface area contributed by atoms with Crippen molar-refractivity contribution in [3.8, 4) is 0 Å². The smallest absolute Gasteiger partial charge is 0.317 e. The average Bonchev–Trinajstić information content (AvgIpc) is 2.82. The zero-order chi connectivity index (χ0) is 13.2. The van der Waals surface area contributed by atoms with E-state index in [2.05, 4.69) is 15.2 Å². The second-order valence-electron chi connectivity index (χ2n) is 5.03. The van der Waals surface area contributed by atoms with Gasteiger partial charge in [0.2, 0.25) is 0 Å². The molecule has 0 aliphatic carbocycles. The predicted octanol–water partition coefficient (Wildman–Crippen LogP) is -0.209. The van der Waals surface area contributed by atoms with Gasteiger partial charge in [-0.2, -0.15) is 0 Å². The molecule has 0 aromatic carbocycles. The molecular formula is C13H19N5O. The van der Waals surface area contributed by atoms with Crippen LogP contribution in [0.3, 0.4) is 0 Å². The van der Waals surface area contributed by atoms with Crippen molar-refractivity contribution in [1.29, 1.82) is 0 Å². The topological polar surface area (TPSA) is 74.5 Å². The second-order valence-corrected chi connectivity index (χ2v) is 5.03. The van der Waals surface area contributed by atoms with Crippen molar-refractivity contribution in [1.82, 2.24) is 20.1 Å². The Labute approximate surface area is 112 Å². The van der Waals surface area contributed by atoms with Crippen LogP contribution in [-0.2, 0) is 0 Å². The molecule has 2 atom stereocenters. The van der Waals surface area contributed by atoms with Crippen LogP contribution in [0.1, 0.15) is 11.7 Å². The molecule has 1 aromatic rings. The molecule has 19 heavy (non-hydrogen) atoms. The van der Waals surface area contributed by atoms with E-state index in [9.17, 15) is 4.79 Å². The lowest BCUT2D eigenvalue weighted by Crippen LogP contribution is -2.53. The molecule has 0 saturated carbocycles. The molecule has 0 radical (unpaired) electrons. The maximum absolute atomic E-state index is 11.6. The Bertz CT molecular complexity index is 452. The number of rotatable bonds is 3. The lowest BCUT2D eigenvalue weighted by atomic mass is 10.1. The number of pyridine rings is 1. The summed E-state index contributed by atoms with van der Waals surface area (Å²) in [6.07, 6.45) is 1.80. The van der Waals surface area contributed by atoms with Crippen LogP contribution in [0.15, 0.2) is 24.4 Å². The van der Waals surface area contributed by atoms with Gasteiger partial charge in [0, 0.05) is 38.9 Å². The fourth-order valence-electron chi connectivity index (χ4n) is 2.94. The monoisotopic (exact) mass is 261 g/mol. The van der Waals surface area contributed by atoms with Crippen molar-refractivity contribution < 1.29 is 4.79 Å². The molecule has 0 bridgehead atoms. The van der Waals surface area contributed by atoms with Gasteiger partial charge >= 0.3 is 6.03 Å². The molecule has 6 heteroatoms. The first-order valence-electron chi connectivity index (χ1n) is 6.69. The Morgan fingerprint density at radius 3 is 3.11 bits per heavy atom. The first-order valence-corrected chi connectivity index (χ1v) is 6.69. The Morgan fingerprint density at radius 2 is 2.37 bits per heavy atom. The lowest BCUT2D eigenvalue weighted by molar-refractivity contribution is 0.0889. The van der Waals surface area contributed by atoms with Gasteiger partial charge in [-0.05, 0) is 12.1 Å². The Morgan fingerprint density at radius 1 is 1.47 bits per heavy atom. The standard InChI is InChI=1S/C13H19N5O/c14-7-12(11-3-1-2-4-15-11)17-5-6-18-10(9-17)8-16-13(18)19/h1-4,10,12H,5-9,14H2,(H,16,19). The minimum Gasteiger partial charge on any atom is -0.336 e. The Kier molecular flexibility index (Phi) is 3.35. The summed E-state index contributed by atoms with van der Waals surface area (Å²) in [7, 11) is 0. The van der Waals surface area contributed by atoms with Gasteiger partial charge in [0.05, 0.1) is 17.8 Å². The fraction of sp³-hybridized carbons (Fsp3) is 0.538. The second kappa shape index (κ2) is 5.14. The average molecular weight is 261 g/mol. The van der Waals surface area contributed by atoms with Gasteiger partial charge in [-0.1, -0.05) is 6.07 Å². The molecule has 3 rings (SSSR count). The number of nitrogens with one attached hydrogen (secondary N) is 1. The van der Waals surface area contributed by atoms with Gasteiger partial charge in [-0.3, -0.25) is 9.88 Å². The van der Waals surface area contributed by atoms with Crippen LogP contribution in [-0.4, -0.2) is 59.6 Å². The highest BCUT2D eigenvalue weighted by Crippen LogP contribution is 2.23. The SMILES string of the molecule is NCC(c1ccccn1)N1CCN2C(=O)NCC2C1. The molecule has 1 aromatic heterocycles. The first-order chi connectivity index (χ1) is 9.29. The van der Waals surface area contributed by atoms with Gasteiger partial charge in [-0.25, -0.2) is 4.79 Å². The van der Waals surface area contributed by atoms with E-state index in [-0.39, 0.29) is 18.1 Å². The molecule has 2 aliphatic rings. The third-order valence-electron chi connectivity index (χ3n) is 3.96. The zero-order valence-electron chi connectivity index (χ0n) is 10.8. The van der Waals surface area contributed by atoms with Crippen molar-refractivity contribution in [2.24, 2.45) is 5.73 Å². The third-order valence-corrected chi connectivity index (χ3v) is 3.96. The summed E-state index contributed by atoms with van der Waals surface area (Å²) in [6, 6.07) is 6.38. The largest absolute Gasteiger partial charge is 0.336 e. The van der Waals surface area contributed by atoms with Crippen LogP contribution < -0.4 is 11.1 Å². The Hall–Kier alpha value is -1.66. The number of urea groups is 1. The molecule has 102 valence electrons. The number of nitrogens with two attached hydrogens (primary N) is 1. The minimum absolute atomic E-state index is 0.0618. The van der Waals surface area contributed by atoms with Crippen molar-refractivity contribution in [2.75, 3.05) is 32.7 Å². The molecule has 2 amide bonds. The number of piperazine rings is 1. The number of carbonyl (C=O) groups is 1. The quantitative estimate of drug-likeness (QED) is 0.789. The van der Waals surface area contributed by atoms with E-state index in [0.29, 0.717) is 6.54 Å². The van der Waals surface area contributed by atoms with Crippen molar-refractivity contribution >= 4 is 6.03 Å². The van der Waals surface area contributed by atoms with E-state index in [1.165, 1.54) is 0 Å². The predicted molar refractivity (Wildman–Crippen MR) is 71.5 cm³/mol. The van der Waals surface area contributed by atoms with Crippen LogP contribution in [0.5, 0.6) is 0 Å².